The highest BCUT2D eigenvalue weighted by atomic mass is 32.2. The van der Waals surface area contributed by atoms with Gasteiger partial charge in [0.05, 0.1) is 4.91 Å². The van der Waals surface area contributed by atoms with Crippen molar-refractivity contribution in [3.05, 3.63) is 71.3 Å². The summed E-state index contributed by atoms with van der Waals surface area (Å²) in [7, 11) is -3.67. The van der Waals surface area contributed by atoms with E-state index in [0.29, 0.717) is 17.4 Å². The van der Waals surface area contributed by atoms with Gasteiger partial charge in [-0.1, -0.05) is 49.1 Å². The number of sulfonamides is 1. The number of carbonyl (C=O) groups is 1. The Balaban J connectivity index is 1.62. The Morgan fingerprint density at radius 2 is 2.11 bits per heavy atom. The zero-order valence-electron chi connectivity index (χ0n) is 15.8. The maximum Gasteiger partial charge on any atom is 0.237 e. The molecule has 0 aromatic heterocycles. The number of benzene rings is 1. The van der Waals surface area contributed by atoms with E-state index < -0.39 is 16.1 Å². The lowest BCUT2D eigenvalue weighted by Gasteiger charge is -2.19. The van der Waals surface area contributed by atoms with E-state index in [9.17, 15) is 13.2 Å². The van der Waals surface area contributed by atoms with Crippen molar-refractivity contribution in [2.45, 2.75) is 25.8 Å². The molecule has 3 unspecified atom stereocenters. The second-order valence-corrected chi connectivity index (χ2v) is 9.16. The van der Waals surface area contributed by atoms with Crippen LogP contribution in [0.25, 0.3) is 11.0 Å². The number of nitrogens with zero attached hydrogens (tertiary/aromatic N) is 1. The maximum absolute atomic E-state index is 13.2. The summed E-state index contributed by atoms with van der Waals surface area (Å²) < 4.78 is 29.3. The highest BCUT2D eigenvalue weighted by Crippen LogP contribution is 2.48. The van der Waals surface area contributed by atoms with E-state index in [1.54, 1.807) is 17.1 Å². The SMILES string of the molecule is C=C/C=C(\C=C/C)N1CC(NS(=O)(=O)C2=c3ccccc3=CC3CC23)CC1=O. The van der Waals surface area contributed by atoms with Crippen LogP contribution in [0.15, 0.2) is 60.8 Å². The summed E-state index contributed by atoms with van der Waals surface area (Å²) in [6.07, 6.45) is 10.2. The minimum atomic E-state index is -3.67. The zero-order chi connectivity index (χ0) is 19.9. The Kier molecular flexibility index (Phi) is 4.85. The summed E-state index contributed by atoms with van der Waals surface area (Å²) in [5, 5.41) is 1.77. The molecule has 0 radical (unpaired) electrons. The van der Waals surface area contributed by atoms with Gasteiger partial charge in [-0.05, 0) is 41.9 Å². The molecule has 0 spiro atoms. The van der Waals surface area contributed by atoms with Gasteiger partial charge >= 0.3 is 0 Å². The number of hydrogen-bond acceptors (Lipinski definition) is 3. The molecular formula is C22H24N2O3S. The molecular weight excluding hydrogens is 372 g/mol. The van der Waals surface area contributed by atoms with Crippen LogP contribution in [0.2, 0.25) is 0 Å². The number of nitrogens with one attached hydrogen (secondary N) is 1. The van der Waals surface area contributed by atoms with Gasteiger partial charge in [-0.2, -0.15) is 0 Å². The molecule has 2 fully saturated rings. The summed E-state index contributed by atoms with van der Waals surface area (Å²) in [4.78, 5) is 14.6. The Bertz CT molecular complexity index is 1110. The number of rotatable bonds is 6. The van der Waals surface area contributed by atoms with Crippen LogP contribution in [-0.2, 0) is 14.8 Å². The number of fused-ring (bicyclic) bond motifs is 2. The highest BCUT2D eigenvalue weighted by Gasteiger charge is 2.46. The van der Waals surface area contributed by atoms with Gasteiger partial charge in [-0.15, -0.1) is 0 Å². The van der Waals surface area contributed by atoms with Gasteiger partial charge in [0.2, 0.25) is 15.9 Å². The predicted octanol–water partition coefficient (Wildman–Crippen LogP) is 1.39. The summed E-state index contributed by atoms with van der Waals surface area (Å²) in [5.41, 5.74) is 0.719. The highest BCUT2D eigenvalue weighted by molar-refractivity contribution is 7.98. The monoisotopic (exact) mass is 396 g/mol. The molecule has 4 rings (SSSR count). The fraction of sp³-hybridized carbons (Fsp3) is 0.318. The first-order valence-corrected chi connectivity index (χ1v) is 11.0. The van der Waals surface area contributed by atoms with Crippen molar-refractivity contribution in [2.75, 3.05) is 6.54 Å². The van der Waals surface area contributed by atoms with E-state index in [2.05, 4.69) is 17.4 Å². The first-order chi connectivity index (χ1) is 13.4. The van der Waals surface area contributed by atoms with Crippen molar-refractivity contribution < 1.29 is 13.2 Å². The molecule has 3 atom stereocenters. The van der Waals surface area contributed by atoms with Crippen LogP contribution in [0.5, 0.6) is 0 Å². The lowest BCUT2D eigenvalue weighted by molar-refractivity contribution is -0.125. The topological polar surface area (TPSA) is 66.5 Å². The molecule has 1 N–H and O–H groups in total. The van der Waals surface area contributed by atoms with E-state index in [-0.39, 0.29) is 18.2 Å². The molecule has 1 saturated carbocycles. The quantitative estimate of drug-likeness (QED) is 0.739. The van der Waals surface area contributed by atoms with Crippen LogP contribution >= 0.6 is 0 Å². The fourth-order valence-corrected chi connectivity index (χ4v) is 6.06. The van der Waals surface area contributed by atoms with Crippen LogP contribution in [0.3, 0.4) is 0 Å². The average Bonchev–Trinajstić information content (AvgIpc) is 3.32. The summed E-state index contributed by atoms with van der Waals surface area (Å²) in [5.74, 6) is 0.269. The third-order valence-corrected chi connectivity index (χ3v) is 7.22. The number of likely N-dealkylation sites (tertiary alicyclic amines) is 1. The van der Waals surface area contributed by atoms with Gasteiger partial charge in [0, 0.05) is 30.6 Å². The molecule has 0 bridgehead atoms. The molecule has 1 saturated heterocycles. The second-order valence-electron chi connectivity index (χ2n) is 7.48. The van der Waals surface area contributed by atoms with E-state index in [0.717, 1.165) is 22.6 Å². The van der Waals surface area contributed by atoms with Gasteiger partial charge in [-0.3, -0.25) is 4.79 Å². The lowest BCUT2D eigenvalue weighted by atomic mass is 10.1. The average molecular weight is 397 g/mol. The van der Waals surface area contributed by atoms with Crippen LogP contribution < -0.4 is 15.2 Å². The van der Waals surface area contributed by atoms with E-state index in [1.165, 1.54) is 0 Å². The molecule has 1 aliphatic heterocycles. The smallest absolute Gasteiger partial charge is 0.237 e. The first-order valence-electron chi connectivity index (χ1n) is 9.54. The van der Waals surface area contributed by atoms with Crippen molar-refractivity contribution in [2.24, 2.45) is 11.8 Å². The Hall–Kier alpha value is -2.44. The summed E-state index contributed by atoms with van der Waals surface area (Å²) in [6, 6.07) is 7.19. The molecule has 1 aromatic rings. The number of carbonyl (C=O) groups excluding carboxylic acids is 1. The third kappa shape index (κ3) is 3.38. The number of hydrogen-bond donors (Lipinski definition) is 1. The van der Waals surface area contributed by atoms with Crippen LogP contribution in [0, 0.1) is 11.8 Å². The third-order valence-electron chi connectivity index (χ3n) is 5.47. The van der Waals surface area contributed by atoms with Crippen LogP contribution in [-0.4, -0.2) is 31.8 Å². The molecule has 146 valence electrons. The Morgan fingerprint density at radius 1 is 1.32 bits per heavy atom. The molecule has 1 heterocycles. The van der Waals surface area contributed by atoms with Crippen molar-refractivity contribution in [1.29, 1.82) is 0 Å². The van der Waals surface area contributed by atoms with E-state index in [4.69, 9.17) is 0 Å². The number of allylic oxidation sites excluding steroid dienone is 4. The summed E-state index contributed by atoms with van der Waals surface area (Å²) in [6.45, 7) is 5.88. The zero-order valence-corrected chi connectivity index (χ0v) is 16.7. The molecule has 28 heavy (non-hydrogen) atoms. The van der Waals surface area contributed by atoms with Gasteiger partial charge in [-0.25, -0.2) is 13.1 Å². The van der Waals surface area contributed by atoms with Gasteiger partial charge in [0.1, 0.15) is 0 Å². The molecule has 5 nitrogen and oxygen atoms in total. The second kappa shape index (κ2) is 7.18. The Morgan fingerprint density at radius 3 is 2.86 bits per heavy atom. The molecule has 2 aliphatic carbocycles. The normalized spacial score (nSPS) is 26.8. The van der Waals surface area contributed by atoms with E-state index >= 15 is 0 Å². The van der Waals surface area contributed by atoms with Crippen molar-refractivity contribution in [1.82, 2.24) is 9.62 Å². The minimum Gasteiger partial charge on any atom is -0.311 e. The number of amides is 1. The van der Waals surface area contributed by atoms with Crippen LogP contribution in [0.4, 0.5) is 0 Å². The molecule has 1 aromatic carbocycles. The van der Waals surface area contributed by atoms with Crippen LogP contribution in [0.1, 0.15) is 19.8 Å². The Labute approximate surface area is 165 Å². The lowest BCUT2D eigenvalue weighted by Crippen LogP contribution is -2.42. The van der Waals surface area contributed by atoms with E-state index in [1.807, 2.05) is 43.3 Å². The molecule has 1 amide bonds. The molecule has 6 heteroatoms. The molecule has 3 aliphatic rings. The van der Waals surface area contributed by atoms with Crippen molar-refractivity contribution in [3.63, 3.8) is 0 Å². The van der Waals surface area contributed by atoms with Gasteiger partial charge < -0.3 is 4.90 Å². The summed E-state index contributed by atoms with van der Waals surface area (Å²) >= 11 is 0. The van der Waals surface area contributed by atoms with Gasteiger partial charge in [0.25, 0.3) is 0 Å². The fourth-order valence-electron chi connectivity index (χ4n) is 4.19. The minimum absolute atomic E-state index is 0.0554. The van der Waals surface area contributed by atoms with Crippen molar-refractivity contribution in [3.8, 4) is 0 Å². The van der Waals surface area contributed by atoms with Crippen molar-refractivity contribution >= 4 is 26.9 Å². The first kappa shape index (κ1) is 18.9. The standard InChI is InChI=1S/C22H24N2O3S/c1-3-7-18(8-4-2)24-14-17(13-21(24)25)23-28(26,27)22-19-10-6-5-9-15(19)11-16-12-20(16)22/h3-11,16-17,20,23H,1,12-14H2,2H3/b8-4-,18-7+. The van der Waals surface area contributed by atoms with Gasteiger partial charge in [0.15, 0.2) is 0 Å². The predicted molar refractivity (Wildman–Crippen MR) is 110 cm³/mol. The largest absolute Gasteiger partial charge is 0.311 e. The maximum atomic E-state index is 13.2.